The number of nitrogens with zero attached hydrogens (tertiary/aromatic N) is 1. The van der Waals surface area contributed by atoms with Crippen molar-refractivity contribution in [2.45, 2.75) is 45.6 Å². The maximum atomic E-state index is 12.9. The molecular weight excluding hydrogens is 290 g/mol. The van der Waals surface area contributed by atoms with Gasteiger partial charge in [-0.3, -0.25) is 9.59 Å². The number of carbonyl (C=O) groups excluding carboxylic acids is 2. The lowest BCUT2D eigenvalue weighted by atomic mass is 9.98. The summed E-state index contributed by atoms with van der Waals surface area (Å²) < 4.78 is 0. The lowest BCUT2D eigenvalue weighted by Crippen LogP contribution is -2.49. The molecule has 1 aromatic carbocycles. The van der Waals surface area contributed by atoms with Crippen molar-refractivity contribution < 1.29 is 9.59 Å². The molecule has 0 aromatic heterocycles. The number of aryl methyl sites for hydroxylation is 2. The van der Waals surface area contributed by atoms with Gasteiger partial charge in [-0.2, -0.15) is 0 Å². The van der Waals surface area contributed by atoms with Crippen LogP contribution in [0.15, 0.2) is 18.2 Å². The average molecular weight is 317 g/mol. The summed E-state index contributed by atoms with van der Waals surface area (Å²) >= 11 is 0. The SMILES string of the molecule is Cc1ccc(C)c(C(=O)N2CCCCC2CNC(=O)CCN)c1. The molecule has 0 saturated carbocycles. The van der Waals surface area contributed by atoms with Gasteiger partial charge in [0.1, 0.15) is 0 Å². The van der Waals surface area contributed by atoms with Gasteiger partial charge >= 0.3 is 0 Å². The fourth-order valence-corrected chi connectivity index (χ4v) is 3.05. The summed E-state index contributed by atoms with van der Waals surface area (Å²) in [7, 11) is 0. The minimum absolute atomic E-state index is 0.0443. The maximum absolute atomic E-state index is 12.9. The van der Waals surface area contributed by atoms with Gasteiger partial charge in [-0.15, -0.1) is 0 Å². The summed E-state index contributed by atoms with van der Waals surface area (Å²) in [5.74, 6) is 0.0289. The van der Waals surface area contributed by atoms with E-state index >= 15 is 0 Å². The highest BCUT2D eigenvalue weighted by Gasteiger charge is 2.28. The van der Waals surface area contributed by atoms with Crippen molar-refractivity contribution in [1.29, 1.82) is 0 Å². The molecule has 1 aliphatic rings. The number of nitrogens with two attached hydrogens (primary N) is 1. The number of hydrogen-bond acceptors (Lipinski definition) is 3. The molecule has 0 bridgehead atoms. The number of benzene rings is 1. The zero-order valence-electron chi connectivity index (χ0n) is 14.1. The van der Waals surface area contributed by atoms with Gasteiger partial charge in [0.15, 0.2) is 0 Å². The highest BCUT2D eigenvalue weighted by atomic mass is 16.2. The van der Waals surface area contributed by atoms with E-state index in [9.17, 15) is 9.59 Å². The molecule has 5 nitrogen and oxygen atoms in total. The van der Waals surface area contributed by atoms with Crippen molar-refractivity contribution >= 4 is 11.8 Å². The predicted octanol–water partition coefficient (Wildman–Crippen LogP) is 1.76. The quantitative estimate of drug-likeness (QED) is 0.869. The number of amides is 2. The molecule has 5 heteroatoms. The molecular formula is C18H27N3O2. The number of piperidine rings is 1. The average Bonchev–Trinajstić information content (AvgIpc) is 2.55. The van der Waals surface area contributed by atoms with Crippen molar-refractivity contribution in [3.05, 3.63) is 34.9 Å². The van der Waals surface area contributed by atoms with Crippen LogP contribution < -0.4 is 11.1 Å². The summed E-state index contributed by atoms with van der Waals surface area (Å²) in [6, 6.07) is 6.03. The normalized spacial score (nSPS) is 17.9. The first-order chi connectivity index (χ1) is 11.0. The molecule has 0 radical (unpaired) electrons. The van der Waals surface area contributed by atoms with Crippen molar-refractivity contribution in [3.63, 3.8) is 0 Å². The molecule has 2 amide bonds. The van der Waals surface area contributed by atoms with E-state index in [2.05, 4.69) is 5.32 Å². The van der Waals surface area contributed by atoms with E-state index < -0.39 is 0 Å². The van der Waals surface area contributed by atoms with Crippen LogP contribution >= 0.6 is 0 Å². The van der Waals surface area contributed by atoms with Gasteiger partial charge in [-0.25, -0.2) is 0 Å². The molecule has 1 aliphatic heterocycles. The molecule has 1 aromatic rings. The largest absolute Gasteiger partial charge is 0.354 e. The third-order valence-corrected chi connectivity index (χ3v) is 4.42. The van der Waals surface area contributed by atoms with Crippen LogP contribution in [0.3, 0.4) is 0 Å². The zero-order chi connectivity index (χ0) is 16.8. The highest BCUT2D eigenvalue weighted by Crippen LogP contribution is 2.21. The molecule has 3 N–H and O–H groups in total. The van der Waals surface area contributed by atoms with Crippen molar-refractivity contribution in [2.75, 3.05) is 19.6 Å². The monoisotopic (exact) mass is 317 g/mol. The van der Waals surface area contributed by atoms with Gasteiger partial charge < -0.3 is 16.0 Å². The lowest BCUT2D eigenvalue weighted by molar-refractivity contribution is -0.121. The second kappa shape index (κ2) is 8.11. The Morgan fingerprint density at radius 1 is 1.30 bits per heavy atom. The van der Waals surface area contributed by atoms with Gasteiger partial charge in [0.2, 0.25) is 5.91 Å². The van der Waals surface area contributed by atoms with E-state index in [0.29, 0.717) is 19.5 Å². The molecule has 126 valence electrons. The third-order valence-electron chi connectivity index (χ3n) is 4.42. The second-order valence-electron chi connectivity index (χ2n) is 6.31. The summed E-state index contributed by atoms with van der Waals surface area (Å²) in [5, 5.41) is 2.90. The minimum Gasteiger partial charge on any atom is -0.354 e. The van der Waals surface area contributed by atoms with Crippen LogP contribution in [0.5, 0.6) is 0 Å². The minimum atomic E-state index is -0.0443. The Morgan fingerprint density at radius 2 is 2.09 bits per heavy atom. The predicted molar refractivity (Wildman–Crippen MR) is 91.3 cm³/mol. The first-order valence-corrected chi connectivity index (χ1v) is 8.38. The summed E-state index contributed by atoms with van der Waals surface area (Å²) in [6.07, 6.45) is 3.37. The summed E-state index contributed by atoms with van der Waals surface area (Å²) in [5.41, 5.74) is 8.25. The Morgan fingerprint density at radius 3 is 2.83 bits per heavy atom. The van der Waals surface area contributed by atoms with E-state index in [0.717, 1.165) is 42.5 Å². The van der Waals surface area contributed by atoms with Crippen molar-refractivity contribution in [2.24, 2.45) is 5.73 Å². The maximum Gasteiger partial charge on any atom is 0.254 e. The molecule has 0 aliphatic carbocycles. The Bertz CT molecular complexity index is 571. The van der Waals surface area contributed by atoms with E-state index in [-0.39, 0.29) is 17.9 Å². The molecule has 1 fully saturated rings. The van der Waals surface area contributed by atoms with Crippen LogP contribution in [0.4, 0.5) is 0 Å². The van der Waals surface area contributed by atoms with Crippen LogP contribution in [0.25, 0.3) is 0 Å². The zero-order valence-corrected chi connectivity index (χ0v) is 14.1. The molecule has 23 heavy (non-hydrogen) atoms. The van der Waals surface area contributed by atoms with Crippen LogP contribution in [0.2, 0.25) is 0 Å². The summed E-state index contributed by atoms with van der Waals surface area (Å²) in [4.78, 5) is 26.5. The Kier molecular flexibility index (Phi) is 6.16. The smallest absolute Gasteiger partial charge is 0.254 e. The van der Waals surface area contributed by atoms with Crippen LogP contribution in [-0.4, -0.2) is 42.4 Å². The highest BCUT2D eigenvalue weighted by molar-refractivity contribution is 5.96. The van der Waals surface area contributed by atoms with Gasteiger partial charge in [0.25, 0.3) is 5.91 Å². The van der Waals surface area contributed by atoms with Gasteiger partial charge in [0, 0.05) is 37.7 Å². The Hall–Kier alpha value is -1.88. The van der Waals surface area contributed by atoms with Gasteiger partial charge in [-0.1, -0.05) is 17.7 Å². The Labute approximate surface area is 138 Å². The Balaban J connectivity index is 2.09. The van der Waals surface area contributed by atoms with E-state index in [1.165, 1.54) is 0 Å². The summed E-state index contributed by atoms with van der Waals surface area (Å²) in [6.45, 7) is 5.58. The molecule has 1 unspecified atom stereocenters. The van der Waals surface area contributed by atoms with Crippen LogP contribution in [0.1, 0.15) is 47.2 Å². The lowest BCUT2D eigenvalue weighted by Gasteiger charge is -2.36. The van der Waals surface area contributed by atoms with Crippen LogP contribution in [-0.2, 0) is 4.79 Å². The third kappa shape index (κ3) is 4.55. The van der Waals surface area contributed by atoms with E-state index in [4.69, 9.17) is 5.73 Å². The first kappa shape index (κ1) is 17.5. The second-order valence-corrected chi connectivity index (χ2v) is 6.31. The first-order valence-electron chi connectivity index (χ1n) is 8.38. The molecule has 2 rings (SSSR count). The molecule has 0 spiro atoms. The number of carbonyl (C=O) groups is 2. The van der Waals surface area contributed by atoms with Gasteiger partial charge in [0.05, 0.1) is 0 Å². The van der Waals surface area contributed by atoms with Crippen LogP contribution in [0, 0.1) is 13.8 Å². The van der Waals surface area contributed by atoms with Gasteiger partial charge in [-0.05, 0) is 44.7 Å². The number of rotatable bonds is 5. The topological polar surface area (TPSA) is 75.4 Å². The van der Waals surface area contributed by atoms with E-state index in [1.54, 1.807) is 0 Å². The number of nitrogens with one attached hydrogen (secondary N) is 1. The molecule has 1 atom stereocenters. The fourth-order valence-electron chi connectivity index (χ4n) is 3.05. The van der Waals surface area contributed by atoms with E-state index in [1.807, 2.05) is 36.9 Å². The number of hydrogen-bond donors (Lipinski definition) is 2. The molecule has 1 saturated heterocycles. The van der Waals surface area contributed by atoms with Crippen molar-refractivity contribution in [1.82, 2.24) is 10.2 Å². The standard InChI is InChI=1S/C18H27N3O2/c1-13-6-7-14(2)16(11-13)18(23)21-10-4-3-5-15(21)12-20-17(22)8-9-19/h6-7,11,15H,3-5,8-10,12,19H2,1-2H3,(H,20,22). The molecule has 1 heterocycles. The fraction of sp³-hybridized carbons (Fsp3) is 0.556. The van der Waals surface area contributed by atoms with Crippen molar-refractivity contribution in [3.8, 4) is 0 Å². The number of likely N-dealkylation sites (tertiary alicyclic amines) is 1.